The van der Waals surface area contributed by atoms with Gasteiger partial charge in [0.15, 0.2) is 0 Å². The molecule has 1 heterocycles. The lowest BCUT2D eigenvalue weighted by molar-refractivity contribution is 0.289. The second-order valence-electron chi connectivity index (χ2n) is 4.91. The average molecular weight is 416 g/mol. The van der Waals surface area contributed by atoms with E-state index in [0.29, 0.717) is 6.61 Å². The lowest BCUT2D eigenvalue weighted by Gasteiger charge is -2.12. The molecule has 2 aromatic rings. The summed E-state index contributed by atoms with van der Waals surface area (Å²) in [5.74, 6) is 0.922. The molecule has 0 aliphatic carbocycles. The molecule has 0 bridgehead atoms. The van der Waals surface area contributed by atoms with E-state index in [0.717, 1.165) is 39.9 Å². The molecule has 0 aliphatic heterocycles. The van der Waals surface area contributed by atoms with Crippen LogP contribution in [0.25, 0.3) is 0 Å². The number of alkyl halides is 1. The Hall–Kier alpha value is -0.810. The normalized spacial score (nSPS) is 10.9. The fourth-order valence-corrected chi connectivity index (χ4v) is 3.37. The number of hydrogen-bond donors (Lipinski definition) is 0. The average Bonchev–Trinajstić information content (AvgIpc) is 2.81. The van der Waals surface area contributed by atoms with E-state index in [9.17, 15) is 0 Å². The van der Waals surface area contributed by atoms with Gasteiger partial charge >= 0.3 is 0 Å². The van der Waals surface area contributed by atoms with Gasteiger partial charge in [-0.2, -0.15) is 5.10 Å². The van der Waals surface area contributed by atoms with E-state index in [-0.39, 0.29) is 0 Å². The molecule has 0 radical (unpaired) electrons. The number of nitrogens with zero attached hydrogens (tertiary/aromatic N) is 2. The van der Waals surface area contributed by atoms with Crippen molar-refractivity contribution in [2.45, 2.75) is 45.7 Å². The zero-order valence-corrected chi connectivity index (χ0v) is 15.8. The molecule has 0 unspecified atom stereocenters. The molecule has 0 N–H and O–H groups in total. The van der Waals surface area contributed by atoms with Crippen molar-refractivity contribution in [1.82, 2.24) is 9.78 Å². The predicted octanol–water partition coefficient (Wildman–Crippen LogP) is 5.01. The third-order valence-corrected chi connectivity index (χ3v) is 4.94. The molecule has 0 fully saturated rings. The zero-order chi connectivity index (χ0) is 15.4. The number of aryl methyl sites for hydroxylation is 3. The van der Waals surface area contributed by atoms with Crippen molar-refractivity contribution in [1.29, 1.82) is 0 Å². The van der Waals surface area contributed by atoms with E-state index in [4.69, 9.17) is 4.74 Å². The number of rotatable bonds is 6. The Morgan fingerprint density at radius 1 is 1.29 bits per heavy atom. The third kappa shape index (κ3) is 3.69. The van der Waals surface area contributed by atoms with E-state index in [1.807, 2.05) is 10.7 Å². The van der Waals surface area contributed by atoms with Crippen molar-refractivity contribution >= 4 is 31.9 Å². The maximum absolute atomic E-state index is 6.03. The Morgan fingerprint density at radius 2 is 2.05 bits per heavy atom. The van der Waals surface area contributed by atoms with Crippen LogP contribution in [0.5, 0.6) is 5.75 Å². The number of halogens is 2. The molecule has 0 amide bonds. The summed E-state index contributed by atoms with van der Waals surface area (Å²) in [7, 11) is 0. The molecule has 1 aromatic carbocycles. The smallest absolute Gasteiger partial charge is 0.131 e. The fraction of sp³-hybridized carbons (Fsp3) is 0.438. The van der Waals surface area contributed by atoms with Gasteiger partial charge in [0.1, 0.15) is 12.4 Å². The Balaban J connectivity index is 2.22. The number of hydrogen-bond acceptors (Lipinski definition) is 2. The van der Waals surface area contributed by atoms with Crippen LogP contribution in [0.2, 0.25) is 0 Å². The molecular weight excluding hydrogens is 396 g/mol. The van der Waals surface area contributed by atoms with Gasteiger partial charge < -0.3 is 4.74 Å². The lowest BCUT2D eigenvalue weighted by Crippen LogP contribution is -2.07. The fourth-order valence-electron chi connectivity index (χ4n) is 2.25. The Morgan fingerprint density at radius 3 is 2.67 bits per heavy atom. The van der Waals surface area contributed by atoms with Gasteiger partial charge in [0, 0.05) is 17.4 Å². The number of ether oxygens (including phenoxy) is 1. The third-order valence-electron chi connectivity index (χ3n) is 3.42. The summed E-state index contributed by atoms with van der Waals surface area (Å²) in [6, 6.07) is 6.26. The summed E-state index contributed by atoms with van der Waals surface area (Å²) >= 11 is 7.17. The van der Waals surface area contributed by atoms with Crippen LogP contribution < -0.4 is 4.74 Å². The quantitative estimate of drug-likeness (QED) is 0.620. The van der Waals surface area contributed by atoms with Crippen molar-refractivity contribution in [3.63, 3.8) is 0 Å². The van der Waals surface area contributed by atoms with Crippen molar-refractivity contribution in [3.8, 4) is 5.75 Å². The summed E-state index contributed by atoms with van der Waals surface area (Å²) in [6.45, 7) is 7.66. The van der Waals surface area contributed by atoms with Crippen molar-refractivity contribution in [2.75, 3.05) is 0 Å². The molecule has 0 atom stereocenters. The highest BCUT2D eigenvalue weighted by atomic mass is 79.9. The molecule has 3 nitrogen and oxygen atoms in total. The maximum atomic E-state index is 6.03. The topological polar surface area (TPSA) is 27.1 Å². The summed E-state index contributed by atoms with van der Waals surface area (Å²) < 4.78 is 9.10. The molecule has 1 aromatic heterocycles. The van der Waals surface area contributed by atoms with Gasteiger partial charge in [0.25, 0.3) is 0 Å². The van der Waals surface area contributed by atoms with Crippen molar-refractivity contribution in [2.24, 2.45) is 0 Å². The largest absolute Gasteiger partial charge is 0.487 e. The van der Waals surface area contributed by atoms with Crippen LogP contribution in [0.15, 0.2) is 22.7 Å². The standard InChI is InChI=1S/C16H20Br2N2O/c1-4-13-16(18)14(20(5-2)19-13)10-21-15-7-6-11(3)8-12(15)9-17/h6-8H,4-5,9-10H2,1-3H3. The molecule has 0 spiro atoms. The Bertz CT molecular complexity index is 623. The first kappa shape index (κ1) is 16.6. The van der Waals surface area contributed by atoms with Crippen molar-refractivity contribution in [3.05, 3.63) is 45.2 Å². The summed E-state index contributed by atoms with van der Waals surface area (Å²) in [6.07, 6.45) is 0.914. The highest BCUT2D eigenvalue weighted by Gasteiger charge is 2.15. The van der Waals surface area contributed by atoms with Crippen LogP contribution in [0.3, 0.4) is 0 Å². The second-order valence-corrected chi connectivity index (χ2v) is 6.26. The first-order valence-corrected chi connectivity index (χ1v) is 9.04. The lowest BCUT2D eigenvalue weighted by atomic mass is 10.1. The van der Waals surface area contributed by atoms with Crippen LogP contribution in [0.1, 0.15) is 36.4 Å². The van der Waals surface area contributed by atoms with Crippen LogP contribution in [0.4, 0.5) is 0 Å². The predicted molar refractivity (Wildman–Crippen MR) is 93.1 cm³/mol. The van der Waals surface area contributed by atoms with E-state index < -0.39 is 0 Å². The molecule has 2 rings (SSSR count). The molecular formula is C16H20Br2N2O. The van der Waals surface area contributed by atoms with E-state index in [2.05, 4.69) is 69.9 Å². The molecule has 0 saturated carbocycles. The van der Waals surface area contributed by atoms with E-state index >= 15 is 0 Å². The van der Waals surface area contributed by atoms with E-state index in [1.54, 1.807) is 0 Å². The van der Waals surface area contributed by atoms with Crippen molar-refractivity contribution < 1.29 is 4.74 Å². The number of benzene rings is 1. The zero-order valence-electron chi connectivity index (χ0n) is 12.6. The minimum atomic E-state index is 0.518. The minimum Gasteiger partial charge on any atom is -0.487 e. The highest BCUT2D eigenvalue weighted by molar-refractivity contribution is 9.10. The summed E-state index contributed by atoms with van der Waals surface area (Å²) in [5.41, 5.74) is 4.59. The Kier molecular flexibility index (Phi) is 5.88. The summed E-state index contributed by atoms with van der Waals surface area (Å²) in [5, 5.41) is 5.39. The summed E-state index contributed by atoms with van der Waals surface area (Å²) in [4.78, 5) is 0. The maximum Gasteiger partial charge on any atom is 0.131 e. The Labute approximate surface area is 142 Å². The van der Waals surface area contributed by atoms with E-state index in [1.165, 1.54) is 11.1 Å². The van der Waals surface area contributed by atoms with Crippen LogP contribution in [-0.4, -0.2) is 9.78 Å². The van der Waals surface area contributed by atoms with Crippen LogP contribution in [0, 0.1) is 6.92 Å². The van der Waals surface area contributed by atoms with Gasteiger partial charge in [-0.25, -0.2) is 0 Å². The second kappa shape index (κ2) is 7.45. The van der Waals surface area contributed by atoms with Gasteiger partial charge in [-0.1, -0.05) is 40.5 Å². The minimum absolute atomic E-state index is 0.518. The van der Waals surface area contributed by atoms with Gasteiger partial charge in [0.2, 0.25) is 0 Å². The molecule has 0 aliphatic rings. The SMILES string of the molecule is CCc1nn(CC)c(COc2ccc(C)cc2CBr)c1Br. The molecule has 114 valence electrons. The first-order valence-electron chi connectivity index (χ1n) is 7.13. The van der Waals surface area contributed by atoms with Gasteiger partial charge in [-0.05, 0) is 42.3 Å². The molecule has 0 saturated heterocycles. The molecule has 21 heavy (non-hydrogen) atoms. The number of aromatic nitrogens is 2. The van der Waals surface area contributed by atoms with Gasteiger partial charge in [0.05, 0.1) is 15.9 Å². The first-order chi connectivity index (χ1) is 10.1. The molecule has 5 heteroatoms. The van der Waals surface area contributed by atoms with Crippen LogP contribution in [-0.2, 0) is 24.9 Å². The van der Waals surface area contributed by atoms with Crippen LogP contribution >= 0.6 is 31.9 Å². The van der Waals surface area contributed by atoms with Gasteiger partial charge in [-0.3, -0.25) is 4.68 Å². The monoisotopic (exact) mass is 414 g/mol. The van der Waals surface area contributed by atoms with Gasteiger partial charge in [-0.15, -0.1) is 0 Å². The highest BCUT2D eigenvalue weighted by Crippen LogP contribution is 2.27.